The predicted molar refractivity (Wildman–Crippen MR) is 73.0 cm³/mol. The second kappa shape index (κ2) is 4.86. The summed E-state index contributed by atoms with van der Waals surface area (Å²) >= 11 is 0. The summed E-state index contributed by atoms with van der Waals surface area (Å²) in [6, 6.07) is 9.97. The Morgan fingerprint density at radius 2 is 1.70 bits per heavy atom. The highest BCUT2D eigenvalue weighted by Crippen LogP contribution is 2.24. The average Bonchev–Trinajstić information content (AvgIpc) is 2.74. The van der Waals surface area contributed by atoms with Gasteiger partial charge in [-0.15, -0.1) is 0 Å². The number of hydrogen-bond donors (Lipinski definition) is 1. The van der Waals surface area contributed by atoms with Crippen LogP contribution in [0, 0.1) is 0 Å². The van der Waals surface area contributed by atoms with E-state index in [-0.39, 0.29) is 18.4 Å². The fourth-order valence-electron chi connectivity index (χ4n) is 2.30. The van der Waals surface area contributed by atoms with E-state index in [9.17, 15) is 9.59 Å². The molecule has 0 radical (unpaired) electrons. The van der Waals surface area contributed by atoms with Gasteiger partial charge in [0.25, 0.3) is 11.8 Å². The third-order valence-electron chi connectivity index (χ3n) is 3.37. The molecule has 1 aromatic carbocycles. The molecule has 0 bridgehead atoms. The lowest BCUT2D eigenvalue weighted by molar-refractivity contribution is 0.0644. The van der Waals surface area contributed by atoms with Gasteiger partial charge in [0, 0.05) is 25.0 Å². The molecule has 0 saturated carbocycles. The Balaban J connectivity index is 1.84. The Morgan fingerprint density at radius 1 is 1.05 bits per heavy atom. The summed E-state index contributed by atoms with van der Waals surface area (Å²) < 4.78 is 0. The quantitative estimate of drug-likeness (QED) is 0.852. The van der Waals surface area contributed by atoms with Crippen molar-refractivity contribution >= 4 is 11.8 Å². The first-order valence-corrected chi connectivity index (χ1v) is 6.29. The number of nitrogens with zero attached hydrogens (tertiary/aromatic N) is 2. The molecular formula is C15H13N3O2. The minimum Gasteiger partial charge on any atom is -0.322 e. The van der Waals surface area contributed by atoms with Gasteiger partial charge >= 0.3 is 0 Å². The number of nitrogens with two attached hydrogens (primary N) is 1. The van der Waals surface area contributed by atoms with Crippen LogP contribution in [0.4, 0.5) is 0 Å². The average molecular weight is 267 g/mol. The van der Waals surface area contributed by atoms with Crippen molar-refractivity contribution in [2.75, 3.05) is 6.54 Å². The van der Waals surface area contributed by atoms with Crippen LogP contribution in [0.25, 0.3) is 0 Å². The topological polar surface area (TPSA) is 76.3 Å². The van der Waals surface area contributed by atoms with Gasteiger partial charge in [0.1, 0.15) is 0 Å². The molecule has 0 saturated heterocycles. The Labute approximate surface area is 116 Å². The molecule has 0 aliphatic carbocycles. The summed E-state index contributed by atoms with van der Waals surface area (Å²) in [6.45, 7) is 0.151. The fourth-order valence-corrected chi connectivity index (χ4v) is 2.30. The molecule has 2 heterocycles. The summed E-state index contributed by atoms with van der Waals surface area (Å²) in [5.41, 5.74) is 7.72. The van der Waals surface area contributed by atoms with Crippen LogP contribution in [0.3, 0.4) is 0 Å². The standard InChI is InChI=1S/C15H13N3O2/c16-13(10-4-3-7-17-8-10)9-18-14(19)11-5-1-2-6-12(11)15(18)20/h1-8,13H,9,16H2/t13-/m1/s1. The predicted octanol–water partition coefficient (Wildman–Crippen LogP) is 1.38. The van der Waals surface area contributed by atoms with Crippen LogP contribution in [0.1, 0.15) is 32.3 Å². The number of carbonyl (C=O) groups is 2. The van der Waals surface area contributed by atoms with Crippen LogP contribution in [0.2, 0.25) is 0 Å². The smallest absolute Gasteiger partial charge is 0.261 e. The van der Waals surface area contributed by atoms with Crippen LogP contribution in [-0.2, 0) is 0 Å². The van der Waals surface area contributed by atoms with E-state index in [4.69, 9.17) is 5.73 Å². The van der Waals surface area contributed by atoms with Crippen LogP contribution < -0.4 is 5.73 Å². The van der Waals surface area contributed by atoms with E-state index in [0.717, 1.165) is 5.56 Å². The van der Waals surface area contributed by atoms with Gasteiger partial charge < -0.3 is 5.73 Å². The van der Waals surface area contributed by atoms with E-state index in [1.54, 1.807) is 42.7 Å². The van der Waals surface area contributed by atoms with Crippen molar-refractivity contribution < 1.29 is 9.59 Å². The molecule has 1 aliphatic heterocycles. The van der Waals surface area contributed by atoms with E-state index < -0.39 is 6.04 Å². The monoisotopic (exact) mass is 267 g/mol. The van der Waals surface area contributed by atoms with Gasteiger partial charge in [0.05, 0.1) is 11.1 Å². The van der Waals surface area contributed by atoms with E-state index in [2.05, 4.69) is 4.98 Å². The van der Waals surface area contributed by atoms with Crippen molar-refractivity contribution in [1.82, 2.24) is 9.88 Å². The molecule has 1 aromatic heterocycles. The molecule has 3 rings (SSSR count). The lowest BCUT2D eigenvalue weighted by atomic mass is 10.1. The minimum absolute atomic E-state index is 0.151. The molecule has 20 heavy (non-hydrogen) atoms. The number of hydrogen-bond acceptors (Lipinski definition) is 4. The summed E-state index contributed by atoms with van der Waals surface area (Å²) in [5, 5.41) is 0. The van der Waals surface area contributed by atoms with Crippen LogP contribution >= 0.6 is 0 Å². The van der Waals surface area contributed by atoms with Gasteiger partial charge in [-0.2, -0.15) is 0 Å². The minimum atomic E-state index is -0.439. The van der Waals surface area contributed by atoms with E-state index in [0.29, 0.717) is 11.1 Å². The summed E-state index contributed by atoms with van der Waals surface area (Å²) in [7, 11) is 0. The Morgan fingerprint density at radius 3 is 2.25 bits per heavy atom. The van der Waals surface area contributed by atoms with Gasteiger partial charge in [-0.3, -0.25) is 19.5 Å². The van der Waals surface area contributed by atoms with Crippen molar-refractivity contribution in [1.29, 1.82) is 0 Å². The zero-order valence-electron chi connectivity index (χ0n) is 10.7. The number of fused-ring (bicyclic) bond motifs is 1. The molecule has 5 nitrogen and oxygen atoms in total. The van der Waals surface area contributed by atoms with Gasteiger partial charge in [0.2, 0.25) is 0 Å². The Hall–Kier alpha value is -2.53. The highest BCUT2D eigenvalue weighted by molar-refractivity contribution is 6.21. The number of carbonyl (C=O) groups excluding carboxylic acids is 2. The zero-order chi connectivity index (χ0) is 14.1. The first kappa shape index (κ1) is 12.5. The number of imide groups is 1. The number of aromatic nitrogens is 1. The third-order valence-corrected chi connectivity index (χ3v) is 3.37. The van der Waals surface area contributed by atoms with Gasteiger partial charge in [-0.1, -0.05) is 18.2 Å². The molecule has 1 atom stereocenters. The number of benzene rings is 1. The molecule has 2 N–H and O–H groups in total. The molecule has 1 aliphatic rings. The number of rotatable bonds is 3. The number of amides is 2. The van der Waals surface area contributed by atoms with Crippen molar-refractivity contribution in [2.24, 2.45) is 5.73 Å². The SMILES string of the molecule is N[C@H](CN1C(=O)c2ccccc2C1=O)c1cccnc1. The Kier molecular flexibility index (Phi) is 3.04. The first-order chi connectivity index (χ1) is 9.68. The maximum Gasteiger partial charge on any atom is 0.261 e. The highest BCUT2D eigenvalue weighted by Gasteiger charge is 2.35. The molecule has 5 heteroatoms. The van der Waals surface area contributed by atoms with Gasteiger partial charge in [-0.05, 0) is 23.8 Å². The lowest BCUT2D eigenvalue weighted by Crippen LogP contribution is -2.36. The highest BCUT2D eigenvalue weighted by atomic mass is 16.2. The van der Waals surface area contributed by atoms with Crippen molar-refractivity contribution in [3.8, 4) is 0 Å². The summed E-state index contributed by atoms with van der Waals surface area (Å²) in [4.78, 5) is 29.6. The summed E-state index contributed by atoms with van der Waals surface area (Å²) in [6.07, 6.45) is 3.29. The van der Waals surface area contributed by atoms with E-state index >= 15 is 0 Å². The van der Waals surface area contributed by atoms with E-state index in [1.165, 1.54) is 4.90 Å². The normalized spacial score (nSPS) is 15.3. The maximum absolute atomic E-state index is 12.2. The van der Waals surface area contributed by atoms with Gasteiger partial charge in [-0.25, -0.2) is 0 Å². The second-order valence-electron chi connectivity index (χ2n) is 4.66. The largest absolute Gasteiger partial charge is 0.322 e. The Bertz CT molecular complexity index is 635. The van der Waals surface area contributed by atoms with Crippen molar-refractivity contribution in [3.05, 3.63) is 65.5 Å². The van der Waals surface area contributed by atoms with Gasteiger partial charge in [0.15, 0.2) is 0 Å². The molecule has 0 fully saturated rings. The molecule has 100 valence electrons. The zero-order valence-corrected chi connectivity index (χ0v) is 10.7. The van der Waals surface area contributed by atoms with Crippen LogP contribution in [0.15, 0.2) is 48.8 Å². The molecule has 2 amide bonds. The molecular weight excluding hydrogens is 254 g/mol. The summed E-state index contributed by atoms with van der Waals surface area (Å²) in [5.74, 6) is -0.574. The van der Waals surface area contributed by atoms with Crippen LogP contribution in [0.5, 0.6) is 0 Å². The van der Waals surface area contributed by atoms with E-state index in [1.807, 2.05) is 6.07 Å². The van der Waals surface area contributed by atoms with Crippen LogP contribution in [-0.4, -0.2) is 28.2 Å². The maximum atomic E-state index is 12.2. The molecule has 0 unspecified atom stereocenters. The van der Waals surface area contributed by atoms with Crippen molar-refractivity contribution in [2.45, 2.75) is 6.04 Å². The fraction of sp³-hybridized carbons (Fsp3) is 0.133. The molecule has 2 aromatic rings. The second-order valence-corrected chi connectivity index (χ2v) is 4.66. The lowest BCUT2D eigenvalue weighted by Gasteiger charge is -2.19. The third kappa shape index (κ3) is 1.98. The number of pyridine rings is 1. The molecule has 0 spiro atoms. The van der Waals surface area contributed by atoms with Crippen molar-refractivity contribution in [3.63, 3.8) is 0 Å². The first-order valence-electron chi connectivity index (χ1n) is 6.29.